The molecule has 0 fully saturated rings. The lowest BCUT2D eigenvalue weighted by atomic mass is 10.4. The lowest BCUT2D eigenvalue weighted by Crippen LogP contribution is -2.40. The molecule has 2 N–H and O–H groups in total. The molecule has 8 heteroatoms. The lowest BCUT2D eigenvalue weighted by molar-refractivity contribution is -0.149. The zero-order chi connectivity index (χ0) is 15.0. The topological polar surface area (TPSA) is 99.7 Å². The summed E-state index contributed by atoms with van der Waals surface area (Å²) in [6.45, 7) is 2.55. The quantitative estimate of drug-likeness (QED) is 0.646. The van der Waals surface area contributed by atoms with E-state index in [-0.39, 0.29) is 25.6 Å². The van der Waals surface area contributed by atoms with Gasteiger partial charge in [-0.3, -0.25) is 14.3 Å². The van der Waals surface area contributed by atoms with Crippen molar-refractivity contribution in [2.24, 2.45) is 0 Å². The molecule has 1 heterocycles. The first kappa shape index (κ1) is 16.0. The van der Waals surface area contributed by atoms with Crippen LogP contribution in [0.15, 0.2) is 12.4 Å². The van der Waals surface area contributed by atoms with Gasteiger partial charge in [-0.05, 0) is 6.92 Å². The van der Waals surface area contributed by atoms with E-state index < -0.39 is 5.97 Å². The van der Waals surface area contributed by atoms with Crippen molar-refractivity contribution in [3.05, 3.63) is 12.4 Å². The Morgan fingerprint density at radius 3 is 2.80 bits per heavy atom. The summed E-state index contributed by atoms with van der Waals surface area (Å²) in [4.78, 5) is 25.0. The lowest BCUT2D eigenvalue weighted by Gasteiger charge is -2.21. The van der Waals surface area contributed by atoms with E-state index in [4.69, 9.17) is 15.2 Å². The van der Waals surface area contributed by atoms with Crippen LogP contribution in [0.1, 0.15) is 6.92 Å². The number of ether oxygens (including phenoxy) is 2. The number of hydrogen-bond acceptors (Lipinski definition) is 6. The van der Waals surface area contributed by atoms with Crippen molar-refractivity contribution in [2.45, 2.75) is 13.5 Å². The molecule has 8 nitrogen and oxygen atoms in total. The normalized spacial score (nSPS) is 10.3. The highest BCUT2D eigenvalue weighted by molar-refractivity contribution is 5.82. The first-order valence-electron chi connectivity index (χ1n) is 6.27. The molecule has 112 valence electrons. The van der Waals surface area contributed by atoms with Crippen molar-refractivity contribution in [3.8, 4) is 0 Å². The van der Waals surface area contributed by atoms with E-state index in [0.29, 0.717) is 18.8 Å². The highest BCUT2D eigenvalue weighted by Crippen LogP contribution is 2.00. The van der Waals surface area contributed by atoms with Gasteiger partial charge in [0.25, 0.3) is 0 Å². The first-order chi connectivity index (χ1) is 9.56. The number of nitrogens with zero attached hydrogens (tertiary/aromatic N) is 3. The van der Waals surface area contributed by atoms with Gasteiger partial charge in [0.15, 0.2) is 0 Å². The molecule has 0 atom stereocenters. The summed E-state index contributed by atoms with van der Waals surface area (Å²) in [5.74, 6) is -0.699. The predicted molar refractivity (Wildman–Crippen MR) is 71.7 cm³/mol. The van der Waals surface area contributed by atoms with Crippen LogP contribution in [-0.2, 0) is 25.6 Å². The van der Waals surface area contributed by atoms with Gasteiger partial charge in [-0.15, -0.1) is 0 Å². The van der Waals surface area contributed by atoms with Crippen LogP contribution in [0.3, 0.4) is 0 Å². The number of esters is 1. The molecule has 20 heavy (non-hydrogen) atoms. The zero-order valence-electron chi connectivity index (χ0n) is 11.7. The summed E-state index contributed by atoms with van der Waals surface area (Å²) < 4.78 is 11.2. The van der Waals surface area contributed by atoms with Gasteiger partial charge >= 0.3 is 5.97 Å². The Morgan fingerprint density at radius 2 is 2.25 bits per heavy atom. The summed E-state index contributed by atoms with van der Waals surface area (Å²) in [5, 5.41) is 3.93. The van der Waals surface area contributed by atoms with Crippen molar-refractivity contribution in [1.82, 2.24) is 14.7 Å². The highest BCUT2D eigenvalue weighted by Gasteiger charge is 2.18. The molecule has 0 aromatic carbocycles. The van der Waals surface area contributed by atoms with Gasteiger partial charge in [0.05, 0.1) is 25.1 Å². The molecular weight excluding hydrogens is 264 g/mol. The SMILES string of the molecule is CCOC(=O)CN(CCOC)C(=O)Cn1cc(N)cn1. The number of anilines is 1. The van der Waals surface area contributed by atoms with Gasteiger partial charge in [0.2, 0.25) is 5.91 Å². The fourth-order valence-electron chi connectivity index (χ4n) is 1.56. The van der Waals surface area contributed by atoms with Crippen molar-refractivity contribution in [2.75, 3.05) is 39.1 Å². The molecule has 0 radical (unpaired) electrons. The average Bonchev–Trinajstić information content (AvgIpc) is 2.80. The molecule has 0 saturated heterocycles. The maximum Gasteiger partial charge on any atom is 0.325 e. The second-order valence-electron chi connectivity index (χ2n) is 4.08. The van der Waals surface area contributed by atoms with Gasteiger partial charge in [0.1, 0.15) is 13.1 Å². The summed E-state index contributed by atoms with van der Waals surface area (Å²) in [6, 6.07) is 0. The largest absolute Gasteiger partial charge is 0.465 e. The fraction of sp³-hybridized carbons (Fsp3) is 0.583. The Kier molecular flexibility index (Phi) is 6.51. The first-order valence-corrected chi connectivity index (χ1v) is 6.27. The molecule has 1 amide bonds. The van der Waals surface area contributed by atoms with E-state index in [1.165, 1.54) is 22.9 Å². The van der Waals surface area contributed by atoms with Crippen molar-refractivity contribution in [1.29, 1.82) is 0 Å². The number of methoxy groups -OCH3 is 1. The Bertz CT molecular complexity index is 446. The molecule has 0 unspecified atom stereocenters. The monoisotopic (exact) mass is 284 g/mol. The molecule has 0 aliphatic rings. The number of carbonyl (C=O) groups excluding carboxylic acids is 2. The molecule has 0 saturated carbocycles. The standard InChI is InChI=1S/C12H20N4O4/c1-3-20-12(18)9-15(4-5-19-2)11(17)8-16-7-10(13)6-14-16/h6-7H,3-5,8-9,13H2,1-2H3. The molecular formula is C12H20N4O4. The number of amides is 1. The molecule has 0 bridgehead atoms. The number of nitrogen functional groups attached to an aromatic ring is 1. The zero-order valence-corrected chi connectivity index (χ0v) is 11.7. The van der Waals surface area contributed by atoms with Gasteiger partial charge < -0.3 is 20.1 Å². The smallest absolute Gasteiger partial charge is 0.325 e. The number of aromatic nitrogens is 2. The number of carbonyl (C=O) groups is 2. The van der Waals surface area contributed by atoms with Gasteiger partial charge in [-0.25, -0.2) is 0 Å². The minimum absolute atomic E-state index is 0.0142. The Hall–Kier alpha value is -2.09. The molecule has 0 aliphatic carbocycles. The van der Waals surface area contributed by atoms with E-state index >= 15 is 0 Å². The van der Waals surface area contributed by atoms with Crippen LogP contribution in [0.2, 0.25) is 0 Å². The maximum atomic E-state index is 12.1. The van der Waals surface area contributed by atoms with Crippen LogP contribution in [0.5, 0.6) is 0 Å². The number of rotatable bonds is 8. The minimum Gasteiger partial charge on any atom is -0.465 e. The third-order valence-electron chi connectivity index (χ3n) is 2.49. The highest BCUT2D eigenvalue weighted by atomic mass is 16.5. The van der Waals surface area contributed by atoms with E-state index in [1.54, 1.807) is 13.1 Å². The van der Waals surface area contributed by atoms with Crippen LogP contribution in [-0.4, -0.2) is 60.0 Å². The Morgan fingerprint density at radius 1 is 1.50 bits per heavy atom. The molecule has 1 aromatic heterocycles. The van der Waals surface area contributed by atoms with E-state index in [1.807, 2.05) is 0 Å². The Labute approximate surface area is 117 Å². The van der Waals surface area contributed by atoms with Crippen LogP contribution < -0.4 is 5.73 Å². The van der Waals surface area contributed by atoms with Gasteiger partial charge in [-0.2, -0.15) is 5.10 Å². The van der Waals surface area contributed by atoms with E-state index in [2.05, 4.69) is 5.10 Å². The van der Waals surface area contributed by atoms with Crippen LogP contribution >= 0.6 is 0 Å². The fourth-order valence-corrected chi connectivity index (χ4v) is 1.56. The van der Waals surface area contributed by atoms with Crippen molar-refractivity contribution in [3.63, 3.8) is 0 Å². The van der Waals surface area contributed by atoms with Gasteiger partial charge in [-0.1, -0.05) is 0 Å². The second kappa shape index (κ2) is 8.16. The molecule has 0 aliphatic heterocycles. The minimum atomic E-state index is -0.447. The molecule has 1 aromatic rings. The summed E-state index contributed by atoms with van der Waals surface area (Å²) in [5.41, 5.74) is 6.01. The third-order valence-corrected chi connectivity index (χ3v) is 2.49. The summed E-state index contributed by atoms with van der Waals surface area (Å²) in [7, 11) is 1.53. The Balaban J connectivity index is 2.60. The predicted octanol–water partition coefficient (Wildman–Crippen LogP) is -0.497. The van der Waals surface area contributed by atoms with Crippen LogP contribution in [0, 0.1) is 0 Å². The molecule has 1 rings (SSSR count). The second-order valence-corrected chi connectivity index (χ2v) is 4.08. The average molecular weight is 284 g/mol. The number of nitrogens with two attached hydrogens (primary N) is 1. The van der Waals surface area contributed by atoms with Crippen molar-refractivity contribution >= 4 is 17.6 Å². The van der Waals surface area contributed by atoms with Crippen LogP contribution in [0.25, 0.3) is 0 Å². The van der Waals surface area contributed by atoms with Crippen molar-refractivity contribution < 1.29 is 19.1 Å². The number of hydrogen-bond donors (Lipinski definition) is 1. The van der Waals surface area contributed by atoms with Gasteiger partial charge in [0, 0.05) is 19.9 Å². The van der Waals surface area contributed by atoms with Crippen LogP contribution in [0.4, 0.5) is 5.69 Å². The summed E-state index contributed by atoms with van der Waals surface area (Å²) >= 11 is 0. The molecule has 0 spiro atoms. The third kappa shape index (κ3) is 5.27. The van der Waals surface area contributed by atoms with E-state index in [0.717, 1.165) is 0 Å². The van der Waals surface area contributed by atoms with E-state index in [9.17, 15) is 9.59 Å². The summed E-state index contributed by atoms with van der Waals surface area (Å²) in [6.07, 6.45) is 3.01. The maximum absolute atomic E-state index is 12.1.